The molecule has 0 saturated heterocycles. The first kappa shape index (κ1) is 16.3. The number of aryl methyl sites for hydroxylation is 1. The quantitative estimate of drug-likeness (QED) is 0.721. The molecule has 1 N–H and O–H groups in total. The summed E-state index contributed by atoms with van der Waals surface area (Å²) in [5.41, 5.74) is 2.30. The van der Waals surface area contributed by atoms with Crippen molar-refractivity contribution in [3.63, 3.8) is 0 Å². The number of amides is 1. The van der Waals surface area contributed by atoms with Gasteiger partial charge in [-0.25, -0.2) is 9.97 Å². The third-order valence-corrected chi connectivity index (χ3v) is 3.47. The topological polar surface area (TPSA) is 81.2 Å². The zero-order valence-corrected chi connectivity index (χ0v) is 13.5. The summed E-state index contributed by atoms with van der Waals surface area (Å²) < 4.78 is 5.65. The number of hydrogen-bond acceptors (Lipinski definition) is 5. The summed E-state index contributed by atoms with van der Waals surface area (Å²) in [6.45, 7) is 1.89. The van der Waals surface area contributed by atoms with E-state index < -0.39 is 0 Å². The van der Waals surface area contributed by atoms with E-state index in [0.717, 1.165) is 5.56 Å². The van der Waals surface area contributed by atoms with Crippen LogP contribution in [0, 0.1) is 6.92 Å². The molecule has 0 unspecified atom stereocenters. The lowest BCUT2D eigenvalue weighted by Crippen LogP contribution is -2.12. The van der Waals surface area contributed by atoms with Gasteiger partial charge in [0.05, 0.1) is 0 Å². The average molecular weight is 333 g/mol. The van der Waals surface area contributed by atoms with Gasteiger partial charge in [0.2, 0.25) is 0 Å². The van der Waals surface area contributed by atoms with Crippen molar-refractivity contribution in [1.29, 1.82) is 0 Å². The van der Waals surface area contributed by atoms with Gasteiger partial charge in [0, 0.05) is 35.3 Å². The van der Waals surface area contributed by atoms with Gasteiger partial charge in [-0.15, -0.1) is 0 Å². The Kier molecular flexibility index (Phi) is 4.80. The van der Waals surface area contributed by atoms with E-state index in [0.29, 0.717) is 28.8 Å². The highest BCUT2D eigenvalue weighted by Gasteiger charge is 2.10. The fraction of sp³-hybridized carbons (Fsp3) is 0.0526. The molecule has 6 heteroatoms. The van der Waals surface area contributed by atoms with Crippen LogP contribution in [0.15, 0.2) is 60.9 Å². The van der Waals surface area contributed by atoms with E-state index in [-0.39, 0.29) is 11.9 Å². The van der Waals surface area contributed by atoms with E-state index in [9.17, 15) is 9.59 Å². The standard InChI is InChI=1S/C19H15N3O3/c1-13-6-7-16(11-17(13)25-19-20-8-3-9-21-19)22-18(24)15-5-2-4-14(10-15)12-23/h2-12H,1H3,(H,22,24). The predicted molar refractivity (Wildman–Crippen MR) is 93.1 cm³/mol. The molecule has 2 aromatic carbocycles. The number of benzene rings is 2. The molecular weight excluding hydrogens is 318 g/mol. The number of aldehydes is 1. The Bertz CT molecular complexity index is 911. The summed E-state index contributed by atoms with van der Waals surface area (Å²) in [6, 6.07) is 13.7. The van der Waals surface area contributed by atoms with Crippen LogP contribution >= 0.6 is 0 Å². The molecule has 25 heavy (non-hydrogen) atoms. The number of anilines is 1. The molecule has 0 atom stereocenters. The largest absolute Gasteiger partial charge is 0.424 e. The third kappa shape index (κ3) is 4.06. The maximum atomic E-state index is 12.3. The molecule has 1 amide bonds. The smallest absolute Gasteiger partial charge is 0.321 e. The Hall–Kier alpha value is -3.54. The molecule has 3 rings (SSSR count). The van der Waals surface area contributed by atoms with Crippen molar-refractivity contribution < 1.29 is 14.3 Å². The van der Waals surface area contributed by atoms with Crippen molar-refractivity contribution in [3.05, 3.63) is 77.6 Å². The van der Waals surface area contributed by atoms with Crippen molar-refractivity contribution in [2.75, 3.05) is 5.32 Å². The molecule has 0 aliphatic heterocycles. The minimum absolute atomic E-state index is 0.229. The van der Waals surface area contributed by atoms with Crippen molar-refractivity contribution in [1.82, 2.24) is 9.97 Å². The first-order valence-electron chi connectivity index (χ1n) is 7.58. The monoisotopic (exact) mass is 333 g/mol. The van der Waals surface area contributed by atoms with E-state index in [2.05, 4.69) is 15.3 Å². The van der Waals surface area contributed by atoms with Crippen LogP contribution < -0.4 is 10.1 Å². The number of hydrogen-bond donors (Lipinski definition) is 1. The van der Waals surface area contributed by atoms with E-state index in [1.165, 1.54) is 6.07 Å². The molecule has 0 saturated carbocycles. The second-order valence-corrected chi connectivity index (χ2v) is 5.31. The lowest BCUT2D eigenvalue weighted by Gasteiger charge is -2.10. The first-order valence-corrected chi connectivity index (χ1v) is 7.58. The molecule has 0 fully saturated rings. The zero-order valence-electron chi connectivity index (χ0n) is 13.5. The van der Waals surface area contributed by atoms with Gasteiger partial charge >= 0.3 is 6.01 Å². The fourth-order valence-corrected chi connectivity index (χ4v) is 2.18. The maximum Gasteiger partial charge on any atom is 0.321 e. The van der Waals surface area contributed by atoms with Gasteiger partial charge in [-0.2, -0.15) is 0 Å². The van der Waals surface area contributed by atoms with Crippen LogP contribution in [0.4, 0.5) is 5.69 Å². The molecule has 1 heterocycles. The molecule has 0 bridgehead atoms. The van der Waals surface area contributed by atoms with Crippen molar-refractivity contribution in [2.45, 2.75) is 6.92 Å². The Balaban J connectivity index is 1.79. The number of carbonyl (C=O) groups is 2. The second kappa shape index (κ2) is 7.35. The summed E-state index contributed by atoms with van der Waals surface area (Å²) in [7, 11) is 0. The lowest BCUT2D eigenvalue weighted by molar-refractivity contribution is 0.102. The van der Waals surface area contributed by atoms with Gasteiger partial charge in [-0.1, -0.05) is 18.2 Å². The summed E-state index contributed by atoms with van der Waals surface area (Å²) in [4.78, 5) is 31.2. The first-order chi connectivity index (χ1) is 12.2. The van der Waals surface area contributed by atoms with Crippen molar-refractivity contribution >= 4 is 17.9 Å². The average Bonchev–Trinajstić information content (AvgIpc) is 2.65. The van der Waals surface area contributed by atoms with E-state index in [1.807, 2.05) is 13.0 Å². The summed E-state index contributed by atoms with van der Waals surface area (Å²) >= 11 is 0. The Morgan fingerprint density at radius 2 is 1.88 bits per heavy atom. The van der Waals surface area contributed by atoms with Gasteiger partial charge in [0.25, 0.3) is 5.91 Å². The summed E-state index contributed by atoms with van der Waals surface area (Å²) in [6.07, 6.45) is 3.88. The van der Waals surface area contributed by atoms with Crippen LogP contribution in [-0.2, 0) is 0 Å². The fourth-order valence-electron chi connectivity index (χ4n) is 2.18. The van der Waals surface area contributed by atoms with Gasteiger partial charge in [0.15, 0.2) is 0 Å². The second-order valence-electron chi connectivity index (χ2n) is 5.31. The maximum absolute atomic E-state index is 12.3. The molecule has 124 valence electrons. The third-order valence-electron chi connectivity index (χ3n) is 3.47. The van der Waals surface area contributed by atoms with E-state index in [1.54, 1.807) is 48.8 Å². The van der Waals surface area contributed by atoms with Gasteiger partial charge in [-0.3, -0.25) is 9.59 Å². The normalized spacial score (nSPS) is 10.1. The minimum atomic E-state index is -0.311. The van der Waals surface area contributed by atoms with Crippen LogP contribution in [0.5, 0.6) is 11.8 Å². The molecule has 3 aromatic rings. The molecular formula is C19H15N3O3. The van der Waals surface area contributed by atoms with Gasteiger partial charge in [-0.05, 0) is 36.8 Å². The van der Waals surface area contributed by atoms with Gasteiger partial charge in [0.1, 0.15) is 12.0 Å². The van der Waals surface area contributed by atoms with E-state index >= 15 is 0 Å². The Morgan fingerprint density at radius 1 is 1.08 bits per heavy atom. The molecule has 0 aliphatic rings. The number of nitrogens with one attached hydrogen (secondary N) is 1. The highest BCUT2D eigenvalue weighted by molar-refractivity contribution is 6.05. The number of ether oxygens (including phenoxy) is 1. The van der Waals surface area contributed by atoms with Crippen LogP contribution in [0.2, 0.25) is 0 Å². The number of nitrogens with zero attached hydrogens (tertiary/aromatic N) is 2. The number of aromatic nitrogens is 2. The van der Waals surface area contributed by atoms with Crippen LogP contribution in [0.3, 0.4) is 0 Å². The van der Waals surface area contributed by atoms with Crippen LogP contribution in [0.25, 0.3) is 0 Å². The van der Waals surface area contributed by atoms with Gasteiger partial charge < -0.3 is 10.1 Å². The highest BCUT2D eigenvalue weighted by Crippen LogP contribution is 2.26. The SMILES string of the molecule is Cc1ccc(NC(=O)c2cccc(C=O)c2)cc1Oc1ncccn1. The van der Waals surface area contributed by atoms with Crippen LogP contribution in [0.1, 0.15) is 26.3 Å². The summed E-state index contributed by atoms with van der Waals surface area (Å²) in [5, 5.41) is 2.79. The molecule has 0 aliphatic carbocycles. The predicted octanol–water partition coefficient (Wildman–Crippen LogP) is 3.64. The van der Waals surface area contributed by atoms with Crippen LogP contribution in [-0.4, -0.2) is 22.2 Å². The molecule has 0 spiro atoms. The molecule has 0 radical (unpaired) electrons. The Morgan fingerprint density at radius 3 is 2.64 bits per heavy atom. The van der Waals surface area contributed by atoms with E-state index in [4.69, 9.17) is 4.74 Å². The number of carbonyl (C=O) groups excluding carboxylic acids is 2. The minimum Gasteiger partial charge on any atom is -0.424 e. The highest BCUT2D eigenvalue weighted by atomic mass is 16.5. The number of rotatable bonds is 5. The Labute approximate surface area is 144 Å². The molecule has 6 nitrogen and oxygen atoms in total. The lowest BCUT2D eigenvalue weighted by atomic mass is 10.1. The van der Waals surface area contributed by atoms with Crippen molar-refractivity contribution in [2.24, 2.45) is 0 Å². The molecule has 1 aromatic heterocycles. The zero-order chi connectivity index (χ0) is 17.6. The van der Waals surface area contributed by atoms with Crippen molar-refractivity contribution in [3.8, 4) is 11.8 Å². The summed E-state index contributed by atoms with van der Waals surface area (Å²) in [5.74, 6) is 0.236.